The van der Waals surface area contributed by atoms with Crippen LogP contribution in [0.4, 0.5) is 0 Å². The first kappa shape index (κ1) is 19.1. The minimum Gasteiger partial charge on any atom is -0.393 e. The van der Waals surface area contributed by atoms with Gasteiger partial charge in [0.15, 0.2) is 0 Å². The molecule has 5 rings (SSSR count). The molecule has 0 radical (unpaired) electrons. The fourth-order valence-electron chi connectivity index (χ4n) is 7.78. The van der Waals surface area contributed by atoms with Crippen LogP contribution in [0, 0.1) is 34.5 Å². The Hall–Kier alpha value is -0.870. The zero-order valence-corrected chi connectivity index (χ0v) is 17.8. The maximum Gasteiger partial charge on any atom is 0.145 e. The van der Waals surface area contributed by atoms with Gasteiger partial charge in [-0.2, -0.15) is 0 Å². The van der Waals surface area contributed by atoms with Crippen LogP contribution in [0.15, 0.2) is 16.8 Å². The van der Waals surface area contributed by atoms with Gasteiger partial charge in [0.05, 0.1) is 18.4 Å². The van der Waals surface area contributed by atoms with E-state index in [1.807, 2.05) is 0 Å². The van der Waals surface area contributed by atoms with E-state index in [9.17, 15) is 5.11 Å². The van der Waals surface area contributed by atoms with Crippen molar-refractivity contribution in [2.75, 3.05) is 13.2 Å². The fourth-order valence-corrected chi connectivity index (χ4v) is 7.78. The normalized spacial score (nSPS) is 50.3. The molecule has 4 nitrogen and oxygen atoms in total. The molecule has 0 amide bonds. The molecule has 0 aromatic rings. The molecule has 0 aromatic heterocycles. The Kier molecular flexibility index (Phi) is 4.67. The molecule has 1 N–H and O–H groups in total. The molecule has 5 aliphatic rings. The quantitative estimate of drug-likeness (QED) is 0.329. The van der Waals surface area contributed by atoms with E-state index in [1.165, 1.54) is 44.2 Å². The van der Waals surface area contributed by atoms with Gasteiger partial charge in [-0.05, 0) is 86.9 Å². The maximum atomic E-state index is 10.2. The zero-order valence-electron chi connectivity index (χ0n) is 17.8. The summed E-state index contributed by atoms with van der Waals surface area (Å²) in [4.78, 5) is 5.59. The Labute approximate surface area is 169 Å². The molecular weight excluding hydrogens is 350 g/mol. The number of nitrogens with zero attached hydrogens (tertiary/aromatic N) is 1. The van der Waals surface area contributed by atoms with Crippen molar-refractivity contribution >= 4 is 5.71 Å². The van der Waals surface area contributed by atoms with Crippen LogP contribution in [0.2, 0.25) is 0 Å². The number of hydrogen-bond donors (Lipinski definition) is 1. The van der Waals surface area contributed by atoms with Crippen LogP contribution in [-0.4, -0.2) is 36.2 Å². The fraction of sp³-hybridized carbons (Fsp3) is 0.875. The molecule has 1 aliphatic heterocycles. The molecule has 1 heterocycles. The van der Waals surface area contributed by atoms with Crippen molar-refractivity contribution in [2.45, 2.75) is 84.3 Å². The Bertz CT molecular complexity index is 683. The second-order valence-electron chi connectivity index (χ2n) is 10.8. The van der Waals surface area contributed by atoms with Gasteiger partial charge in [-0.3, -0.25) is 0 Å². The average molecular weight is 388 g/mol. The highest BCUT2D eigenvalue weighted by molar-refractivity contribution is 5.85. The van der Waals surface area contributed by atoms with Crippen molar-refractivity contribution in [1.82, 2.24) is 0 Å². The third-order valence-corrected chi connectivity index (χ3v) is 9.45. The topological polar surface area (TPSA) is 54.3 Å². The Morgan fingerprint density at radius 3 is 2.82 bits per heavy atom. The monoisotopic (exact) mass is 387 g/mol. The lowest BCUT2D eigenvalue weighted by atomic mass is 9.47. The molecule has 4 aliphatic carbocycles. The number of aliphatic hydroxyl groups excluding tert-OH is 1. The molecule has 1 unspecified atom stereocenters. The van der Waals surface area contributed by atoms with E-state index in [0.29, 0.717) is 23.4 Å². The number of oxime groups is 1. The minimum absolute atomic E-state index is 0.111. The van der Waals surface area contributed by atoms with E-state index in [-0.39, 0.29) is 12.2 Å². The molecule has 28 heavy (non-hydrogen) atoms. The van der Waals surface area contributed by atoms with Crippen LogP contribution in [0.3, 0.4) is 0 Å². The van der Waals surface area contributed by atoms with Gasteiger partial charge in [0.1, 0.15) is 12.7 Å². The zero-order chi connectivity index (χ0) is 19.5. The van der Waals surface area contributed by atoms with Gasteiger partial charge < -0.3 is 14.7 Å². The summed E-state index contributed by atoms with van der Waals surface area (Å²) >= 11 is 0. The molecular formula is C24H37NO3. The number of hydrogen-bond acceptors (Lipinski definition) is 4. The summed E-state index contributed by atoms with van der Waals surface area (Å²) in [7, 11) is 0. The first-order valence-corrected chi connectivity index (χ1v) is 11.6. The molecule has 4 fully saturated rings. The summed E-state index contributed by atoms with van der Waals surface area (Å²) in [6, 6.07) is 0. The molecule has 3 saturated carbocycles. The van der Waals surface area contributed by atoms with Crippen LogP contribution in [-0.2, 0) is 9.57 Å². The lowest BCUT2D eigenvalue weighted by Gasteiger charge is -2.58. The summed E-state index contributed by atoms with van der Waals surface area (Å²) in [5, 5.41) is 14.7. The van der Waals surface area contributed by atoms with Crippen molar-refractivity contribution < 1.29 is 14.7 Å². The van der Waals surface area contributed by atoms with Crippen molar-refractivity contribution in [3.8, 4) is 0 Å². The van der Waals surface area contributed by atoms with Gasteiger partial charge >= 0.3 is 0 Å². The lowest BCUT2D eigenvalue weighted by molar-refractivity contribution is -0.0427. The molecule has 156 valence electrons. The van der Waals surface area contributed by atoms with Crippen molar-refractivity contribution in [1.29, 1.82) is 0 Å². The molecule has 4 heteroatoms. The summed E-state index contributed by atoms with van der Waals surface area (Å²) < 4.78 is 5.22. The third kappa shape index (κ3) is 2.98. The number of fused-ring (bicyclic) bond motifs is 5. The van der Waals surface area contributed by atoms with Gasteiger partial charge in [-0.15, -0.1) is 0 Å². The van der Waals surface area contributed by atoms with Crippen LogP contribution < -0.4 is 0 Å². The number of rotatable bonds is 4. The molecule has 0 bridgehead atoms. The molecule has 8 atom stereocenters. The lowest BCUT2D eigenvalue weighted by Crippen LogP contribution is -2.50. The van der Waals surface area contributed by atoms with Crippen molar-refractivity contribution in [2.24, 2.45) is 39.7 Å². The van der Waals surface area contributed by atoms with Crippen LogP contribution >= 0.6 is 0 Å². The highest BCUT2D eigenvalue weighted by atomic mass is 16.7. The first-order chi connectivity index (χ1) is 13.4. The third-order valence-electron chi connectivity index (χ3n) is 9.45. The van der Waals surface area contributed by atoms with Crippen LogP contribution in [0.25, 0.3) is 0 Å². The summed E-state index contributed by atoms with van der Waals surface area (Å²) in [5.41, 5.74) is 3.46. The van der Waals surface area contributed by atoms with Gasteiger partial charge in [0.2, 0.25) is 0 Å². The van der Waals surface area contributed by atoms with E-state index in [4.69, 9.17) is 9.57 Å². The molecule has 1 saturated heterocycles. The predicted molar refractivity (Wildman–Crippen MR) is 110 cm³/mol. The van der Waals surface area contributed by atoms with E-state index in [2.05, 4.69) is 32.0 Å². The smallest absolute Gasteiger partial charge is 0.145 e. The SMILES string of the molecule is CC(=NOCC1CO1)[C@H]1CC[C@H]2[C@@H]3CC=C4C[C@@H](O)CC[C@]4(C)[C@H]3CC[C@]12C. The van der Waals surface area contributed by atoms with E-state index < -0.39 is 0 Å². The van der Waals surface area contributed by atoms with Gasteiger partial charge in [0, 0.05) is 5.92 Å². The number of epoxide rings is 1. The maximum absolute atomic E-state index is 10.2. The molecule has 0 aromatic carbocycles. The summed E-state index contributed by atoms with van der Waals surface area (Å²) in [6.07, 6.45) is 12.2. The van der Waals surface area contributed by atoms with E-state index in [1.54, 1.807) is 5.57 Å². The van der Waals surface area contributed by atoms with Gasteiger partial charge in [-0.1, -0.05) is 30.7 Å². The first-order valence-electron chi connectivity index (χ1n) is 11.6. The van der Waals surface area contributed by atoms with E-state index >= 15 is 0 Å². The molecule has 0 spiro atoms. The van der Waals surface area contributed by atoms with Gasteiger partial charge in [-0.25, -0.2) is 0 Å². The Morgan fingerprint density at radius 1 is 1.21 bits per heavy atom. The summed E-state index contributed by atoms with van der Waals surface area (Å²) in [6.45, 7) is 8.66. The van der Waals surface area contributed by atoms with E-state index in [0.717, 1.165) is 37.2 Å². The van der Waals surface area contributed by atoms with Crippen LogP contribution in [0.5, 0.6) is 0 Å². The second-order valence-corrected chi connectivity index (χ2v) is 10.8. The minimum atomic E-state index is -0.111. The second kappa shape index (κ2) is 6.84. The van der Waals surface area contributed by atoms with Crippen LogP contribution in [0.1, 0.15) is 72.1 Å². The Morgan fingerprint density at radius 2 is 2.04 bits per heavy atom. The predicted octanol–water partition coefficient (Wildman–Crippen LogP) is 4.72. The number of aliphatic hydroxyl groups is 1. The average Bonchev–Trinajstić information content (AvgIpc) is 3.41. The summed E-state index contributed by atoms with van der Waals surface area (Å²) in [5.74, 6) is 2.97. The number of ether oxygens (including phenoxy) is 1. The number of allylic oxidation sites excluding steroid dienone is 1. The van der Waals surface area contributed by atoms with Crippen molar-refractivity contribution in [3.63, 3.8) is 0 Å². The largest absolute Gasteiger partial charge is 0.393 e. The van der Waals surface area contributed by atoms with Gasteiger partial charge in [0.25, 0.3) is 0 Å². The standard InChI is InChI=1S/C24H37NO3/c1-15(25-28-14-18-13-27-18)20-6-7-21-19-5-4-16-12-17(26)8-10-23(16,2)22(19)9-11-24(20,21)3/h4,17-22,26H,5-14H2,1-3H3/t17-,18?,19-,20+,21-,22-,23-,24+/m0/s1. The Balaban J connectivity index is 1.35. The highest BCUT2D eigenvalue weighted by Gasteiger charge is 2.59. The highest BCUT2D eigenvalue weighted by Crippen LogP contribution is 2.66. The van der Waals surface area contributed by atoms with Crippen molar-refractivity contribution in [3.05, 3.63) is 11.6 Å².